The van der Waals surface area contributed by atoms with E-state index >= 15 is 0 Å². The van der Waals surface area contributed by atoms with Gasteiger partial charge in [-0.2, -0.15) is 0 Å². The molecule has 0 radical (unpaired) electrons. The number of hydrogen-bond acceptors (Lipinski definition) is 5. The number of amides is 3. The van der Waals surface area contributed by atoms with Crippen molar-refractivity contribution < 1.29 is 23.6 Å². The zero-order chi connectivity index (χ0) is 26.4. The number of benzene rings is 2. The summed E-state index contributed by atoms with van der Waals surface area (Å²) >= 11 is 3.33. The van der Waals surface area contributed by atoms with Crippen LogP contribution in [0.2, 0.25) is 0 Å². The average molecular weight is 561 g/mol. The highest BCUT2D eigenvalue weighted by molar-refractivity contribution is 9.10. The van der Waals surface area contributed by atoms with Gasteiger partial charge in [0.05, 0.1) is 7.11 Å². The van der Waals surface area contributed by atoms with E-state index in [1.54, 1.807) is 32.2 Å². The summed E-state index contributed by atoms with van der Waals surface area (Å²) in [7, 11) is 2.85. The smallest absolute Gasteiger partial charge is 0.338 e. The zero-order valence-electron chi connectivity index (χ0n) is 20.2. The molecule has 0 unspecified atom stereocenters. The fourth-order valence-corrected chi connectivity index (χ4v) is 4.07. The first kappa shape index (κ1) is 26.9. The van der Waals surface area contributed by atoms with Crippen molar-refractivity contribution in [2.24, 2.45) is 0 Å². The van der Waals surface area contributed by atoms with Gasteiger partial charge in [-0.15, -0.1) is 0 Å². The van der Waals surface area contributed by atoms with E-state index in [4.69, 9.17) is 4.74 Å². The third kappa shape index (κ3) is 6.10. The molecule has 3 rings (SSSR count). The van der Waals surface area contributed by atoms with E-state index in [0.717, 1.165) is 5.56 Å². The van der Waals surface area contributed by atoms with Crippen molar-refractivity contribution in [2.75, 3.05) is 14.2 Å². The van der Waals surface area contributed by atoms with Gasteiger partial charge < -0.3 is 20.4 Å². The predicted octanol–water partition coefficient (Wildman–Crippen LogP) is 3.86. The van der Waals surface area contributed by atoms with Gasteiger partial charge in [-0.1, -0.05) is 12.1 Å². The largest absolute Gasteiger partial charge is 0.487 e. The molecular weight excluding hydrogens is 535 g/mol. The van der Waals surface area contributed by atoms with E-state index in [1.165, 1.54) is 19.2 Å². The molecule has 0 bridgehead atoms. The van der Waals surface area contributed by atoms with Crippen LogP contribution in [0.15, 0.2) is 45.7 Å². The number of ether oxygens (including phenoxy) is 1. The Labute approximate surface area is 215 Å². The van der Waals surface area contributed by atoms with Crippen molar-refractivity contribution in [3.05, 3.63) is 85.0 Å². The van der Waals surface area contributed by atoms with Crippen molar-refractivity contribution in [1.82, 2.24) is 21.1 Å². The molecule has 0 spiro atoms. The summed E-state index contributed by atoms with van der Waals surface area (Å²) in [6.07, 6.45) is 0. The highest BCUT2D eigenvalue weighted by atomic mass is 79.9. The molecule has 0 aliphatic carbocycles. The number of nitrogens with one attached hydrogen (secondary N) is 4. The monoisotopic (exact) mass is 560 g/mol. The number of pyridine rings is 1. The molecule has 0 fully saturated rings. The molecule has 2 aromatic carbocycles. The molecule has 1 heterocycles. The minimum atomic E-state index is -0.588. The number of aromatic nitrogens is 1. The Bertz CT molecular complexity index is 1360. The fourth-order valence-electron chi connectivity index (χ4n) is 3.66. The van der Waals surface area contributed by atoms with Gasteiger partial charge in [-0.05, 0) is 76.3 Å². The molecule has 3 aromatic rings. The standard InChI is InChI=1S/C25H26BrFN4O5/c1-13-5-6-15(23(32)28-3)10-19(13)20-14(2)30-24(33)21(26)22(20)36-12-16-7-8-18(27)9-17(16)11-29-25(34)31-35-4/h5-10H,11-12H2,1-4H3,(H,28,32)(H,30,33)(H2,29,31,34). The van der Waals surface area contributed by atoms with Crippen molar-refractivity contribution >= 4 is 27.9 Å². The van der Waals surface area contributed by atoms with Crippen LogP contribution >= 0.6 is 15.9 Å². The van der Waals surface area contributed by atoms with Crippen LogP contribution in [0.4, 0.5) is 9.18 Å². The fraction of sp³-hybridized carbons (Fsp3) is 0.240. The third-order valence-corrected chi connectivity index (χ3v) is 6.19. The first-order valence-electron chi connectivity index (χ1n) is 10.9. The van der Waals surface area contributed by atoms with Crippen LogP contribution in [0.3, 0.4) is 0 Å². The average Bonchev–Trinajstić information content (AvgIpc) is 2.85. The molecule has 4 N–H and O–H groups in total. The van der Waals surface area contributed by atoms with Crippen LogP contribution in [0.5, 0.6) is 5.75 Å². The lowest BCUT2D eigenvalue weighted by Gasteiger charge is -2.19. The van der Waals surface area contributed by atoms with Crippen molar-refractivity contribution in [3.8, 4) is 16.9 Å². The molecular formula is C25H26BrFN4O5. The Kier molecular flexibility index (Phi) is 8.83. The molecule has 0 saturated heterocycles. The number of carbonyl (C=O) groups is 2. The van der Waals surface area contributed by atoms with Gasteiger partial charge in [0, 0.05) is 30.4 Å². The number of urea groups is 1. The van der Waals surface area contributed by atoms with Crippen LogP contribution in [-0.2, 0) is 18.0 Å². The number of rotatable bonds is 8. The molecule has 0 atom stereocenters. The number of hydrogen-bond donors (Lipinski definition) is 4. The Morgan fingerprint density at radius 1 is 1.11 bits per heavy atom. The van der Waals surface area contributed by atoms with Crippen LogP contribution in [-0.4, -0.2) is 31.1 Å². The van der Waals surface area contributed by atoms with E-state index in [2.05, 4.69) is 41.9 Å². The minimum absolute atomic E-state index is 0.0152. The Hall–Kier alpha value is -3.70. The van der Waals surface area contributed by atoms with E-state index in [1.807, 2.05) is 13.0 Å². The molecule has 9 nitrogen and oxygen atoms in total. The van der Waals surface area contributed by atoms with Gasteiger partial charge in [0.15, 0.2) is 0 Å². The van der Waals surface area contributed by atoms with Gasteiger partial charge in [-0.25, -0.2) is 14.7 Å². The van der Waals surface area contributed by atoms with E-state index in [9.17, 15) is 18.8 Å². The van der Waals surface area contributed by atoms with Gasteiger partial charge in [0.2, 0.25) is 0 Å². The predicted molar refractivity (Wildman–Crippen MR) is 136 cm³/mol. The maximum absolute atomic E-state index is 13.9. The highest BCUT2D eigenvalue weighted by Crippen LogP contribution is 2.38. The number of aromatic amines is 1. The van der Waals surface area contributed by atoms with Gasteiger partial charge >= 0.3 is 6.03 Å². The normalized spacial score (nSPS) is 10.6. The third-order valence-electron chi connectivity index (χ3n) is 5.47. The Morgan fingerprint density at radius 2 is 1.86 bits per heavy atom. The van der Waals surface area contributed by atoms with Gasteiger partial charge in [0.1, 0.15) is 22.6 Å². The minimum Gasteiger partial charge on any atom is -0.487 e. The van der Waals surface area contributed by atoms with E-state index in [0.29, 0.717) is 33.5 Å². The maximum atomic E-state index is 13.9. The summed E-state index contributed by atoms with van der Waals surface area (Å²) < 4.78 is 20.3. The topological polar surface area (TPSA) is 122 Å². The summed E-state index contributed by atoms with van der Waals surface area (Å²) in [5.41, 5.74) is 6.00. The van der Waals surface area contributed by atoms with Crippen molar-refractivity contribution in [3.63, 3.8) is 0 Å². The lowest BCUT2D eigenvalue weighted by Crippen LogP contribution is -2.34. The van der Waals surface area contributed by atoms with Gasteiger partial charge in [0.25, 0.3) is 11.5 Å². The van der Waals surface area contributed by atoms with Crippen LogP contribution in [0.25, 0.3) is 11.1 Å². The summed E-state index contributed by atoms with van der Waals surface area (Å²) in [6.45, 7) is 3.62. The van der Waals surface area contributed by atoms with Crippen molar-refractivity contribution in [2.45, 2.75) is 27.0 Å². The number of H-pyrrole nitrogens is 1. The molecule has 190 valence electrons. The summed E-state index contributed by atoms with van der Waals surface area (Å²) in [6, 6.07) is 8.80. The second-order valence-electron chi connectivity index (χ2n) is 7.90. The van der Waals surface area contributed by atoms with Crippen LogP contribution in [0, 0.1) is 19.7 Å². The second kappa shape index (κ2) is 11.8. The maximum Gasteiger partial charge on any atom is 0.338 e. The first-order chi connectivity index (χ1) is 17.2. The highest BCUT2D eigenvalue weighted by Gasteiger charge is 2.21. The Morgan fingerprint density at radius 3 is 2.56 bits per heavy atom. The molecule has 0 aliphatic heterocycles. The first-order valence-corrected chi connectivity index (χ1v) is 11.7. The van der Waals surface area contributed by atoms with E-state index < -0.39 is 11.8 Å². The molecule has 1 aromatic heterocycles. The molecule has 0 saturated carbocycles. The van der Waals surface area contributed by atoms with E-state index in [-0.39, 0.29) is 34.8 Å². The Balaban J connectivity index is 2.02. The van der Waals surface area contributed by atoms with Crippen LogP contribution in [0.1, 0.15) is 32.7 Å². The quantitative estimate of drug-likeness (QED) is 0.312. The second-order valence-corrected chi connectivity index (χ2v) is 8.69. The SMILES string of the molecule is CNC(=O)c1ccc(C)c(-c2c(C)[nH]c(=O)c(Br)c2OCc2ccc(F)cc2CNC(=O)NOC)c1. The summed E-state index contributed by atoms with van der Waals surface area (Å²) in [4.78, 5) is 43.8. The molecule has 11 heteroatoms. The molecule has 3 amide bonds. The van der Waals surface area contributed by atoms with Gasteiger partial charge in [-0.3, -0.25) is 14.4 Å². The molecule has 0 aliphatic rings. The lowest BCUT2D eigenvalue weighted by molar-refractivity contribution is 0.0963. The summed E-state index contributed by atoms with van der Waals surface area (Å²) in [5, 5.41) is 5.17. The zero-order valence-corrected chi connectivity index (χ0v) is 21.8. The van der Waals surface area contributed by atoms with Crippen molar-refractivity contribution in [1.29, 1.82) is 0 Å². The number of halogens is 2. The molecule has 36 heavy (non-hydrogen) atoms. The lowest BCUT2D eigenvalue weighted by atomic mass is 9.96. The number of hydroxylamine groups is 1. The number of carbonyl (C=O) groups excluding carboxylic acids is 2. The number of aryl methyl sites for hydroxylation is 2. The van der Waals surface area contributed by atoms with Crippen LogP contribution < -0.4 is 26.4 Å². The summed E-state index contributed by atoms with van der Waals surface area (Å²) in [5.74, 6) is -0.451.